The normalized spacial score (nSPS) is 9.86. The van der Waals surface area contributed by atoms with E-state index in [1.165, 1.54) is 0 Å². The van der Waals surface area contributed by atoms with Gasteiger partial charge in [-0.05, 0) is 24.4 Å². The molecule has 118 valence electrons. The van der Waals surface area contributed by atoms with Crippen LogP contribution >= 0.6 is 12.4 Å². The number of nitrogens with one attached hydrogen (secondary N) is 2. The molecule has 22 heavy (non-hydrogen) atoms. The minimum absolute atomic E-state index is 0. The van der Waals surface area contributed by atoms with E-state index in [0.29, 0.717) is 19.4 Å². The van der Waals surface area contributed by atoms with Crippen LogP contribution in [0.25, 0.3) is 10.8 Å². The Morgan fingerprint density at radius 1 is 1.00 bits per heavy atom. The number of amides is 2. The summed E-state index contributed by atoms with van der Waals surface area (Å²) in [5.41, 5.74) is 6.07. The summed E-state index contributed by atoms with van der Waals surface area (Å²) in [6.45, 7) is 0.433. The van der Waals surface area contributed by atoms with Gasteiger partial charge in [-0.1, -0.05) is 36.4 Å². The number of hydrogen-bond acceptors (Lipinski definition) is 3. The molecule has 2 rings (SSSR count). The van der Waals surface area contributed by atoms with E-state index in [0.717, 1.165) is 16.5 Å². The first-order chi connectivity index (χ1) is 10.2. The molecular weight excluding hydrogens is 302 g/mol. The number of benzene rings is 2. The predicted octanol–water partition coefficient (Wildman–Crippen LogP) is 2.06. The lowest BCUT2D eigenvalue weighted by Crippen LogP contribution is -2.33. The van der Waals surface area contributed by atoms with E-state index in [-0.39, 0.29) is 30.8 Å². The highest BCUT2D eigenvalue weighted by Crippen LogP contribution is 2.22. The van der Waals surface area contributed by atoms with E-state index in [1.54, 1.807) is 0 Å². The maximum absolute atomic E-state index is 11.9. The summed E-state index contributed by atoms with van der Waals surface area (Å²) in [4.78, 5) is 23.3. The van der Waals surface area contributed by atoms with Crippen molar-refractivity contribution in [2.75, 3.05) is 18.4 Å². The van der Waals surface area contributed by atoms with E-state index in [1.807, 2.05) is 42.5 Å². The second-order valence-electron chi connectivity index (χ2n) is 4.74. The average Bonchev–Trinajstić information content (AvgIpc) is 2.51. The molecule has 0 fully saturated rings. The molecule has 0 aliphatic rings. The molecule has 0 heterocycles. The maximum Gasteiger partial charge on any atom is 0.243 e. The Hall–Kier alpha value is -2.11. The Balaban J connectivity index is 0.00000242. The van der Waals surface area contributed by atoms with Gasteiger partial charge in [0.15, 0.2) is 0 Å². The Labute approximate surface area is 135 Å². The van der Waals surface area contributed by atoms with Crippen LogP contribution < -0.4 is 16.4 Å². The molecule has 0 spiro atoms. The molecule has 5 nitrogen and oxygen atoms in total. The molecule has 0 unspecified atom stereocenters. The molecular formula is C16H20ClN3O2. The summed E-state index contributed by atoms with van der Waals surface area (Å²) >= 11 is 0. The van der Waals surface area contributed by atoms with Crippen LogP contribution in [0.3, 0.4) is 0 Å². The van der Waals surface area contributed by atoms with Crippen LogP contribution in [0.5, 0.6) is 0 Å². The highest BCUT2D eigenvalue weighted by Gasteiger charge is 2.07. The van der Waals surface area contributed by atoms with Gasteiger partial charge >= 0.3 is 0 Å². The lowest BCUT2D eigenvalue weighted by Gasteiger charge is -2.09. The number of hydrogen-bond donors (Lipinski definition) is 3. The van der Waals surface area contributed by atoms with Gasteiger partial charge in [0.2, 0.25) is 11.8 Å². The fourth-order valence-electron chi connectivity index (χ4n) is 2.06. The molecule has 0 radical (unpaired) electrons. The molecule has 6 heteroatoms. The summed E-state index contributed by atoms with van der Waals surface area (Å²) in [6, 6.07) is 13.5. The quantitative estimate of drug-likeness (QED) is 0.761. The van der Waals surface area contributed by atoms with Gasteiger partial charge in [0, 0.05) is 17.5 Å². The van der Waals surface area contributed by atoms with Crippen molar-refractivity contribution in [1.29, 1.82) is 0 Å². The van der Waals surface area contributed by atoms with Crippen molar-refractivity contribution in [1.82, 2.24) is 5.32 Å². The van der Waals surface area contributed by atoms with Crippen LogP contribution in [0.2, 0.25) is 0 Å². The summed E-state index contributed by atoms with van der Waals surface area (Å²) in [5.74, 6) is -0.402. The van der Waals surface area contributed by atoms with Gasteiger partial charge in [0.25, 0.3) is 0 Å². The van der Waals surface area contributed by atoms with E-state index in [4.69, 9.17) is 5.73 Å². The van der Waals surface area contributed by atoms with E-state index >= 15 is 0 Å². The van der Waals surface area contributed by atoms with Crippen molar-refractivity contribution in [3.63, 3.8) is 0 Å². The van der Waals surface area contributed by atoms with Crippen molar-refractivity contribution >= 4 is 40.7 Å². The largest absolute Gasteiger partial charge is 0.347 e. The summed E-state index contributed by atoms with van der Waals surface area (Å²) in [7, 11) is 0. The zero-order chi connectivity index (χ0) is 15.1. The number of carbonyl (C=O) groups excluding carboxylic acids is 2. The zero-order valence-corrected chi connectivity index (χ0v) is 13.0. The summed E-state index contributed by atoms with van der Waals surface area (Å²) in [6.07, 6.45) is 0.967. The molecule has 0 aliphatic carbocycles. The lowest BCUT2D eigenvalue weighted by atomic mass is 10.1. The molecule has 0 aromatic heterocycles. The second-order valence-corrected chi connectivity index (χ2v) is 4.74. The fourth-order valence-corrected chi connectivity index (χ4v) is 2.06. The molecule has 0 saturated carbocycles. The highest BCUT2D eigenvalue weighted by atomic mass is 35.5. The smallest absolute Gasteiger partial charge is 0.243 e. The van der Waals surface area contributed by atoms with Crippen molar-refractivity contribution in [3.05, 3.63) is 42.5 Å². The third-order valence-electron chi connectivity index (χ3n) is 3.12. The SMILES string of the molecule is Cl.NCCCC(=O)NCC(=O)Nc1cccc2ccccc12. The van der Waals surface area contributed by atoms with Crippen LogP contribution in [0.4, 0.5) is 5.69 Å². The Morgan fingerprint density at radius 3 is 2.50 bits per heavy atom. The van der Waals surface area contributed by atoms with Crippen molar-refractivity contribution < 1.29 is 9.59 Å². The maximum atomic E-state index is 11.9. The van der Waals surface area contributed by atoms with Gasteiger partial charge in [-0.25, -0.2) is 0 Å². The second kappa shape index (κ2) is 9.02. The van der Waals surface area contributed by atoms with Gasteiger partial charge < -0.3 is 16.4 Å². The van der Waals surface area contributed by atoms with Gasteiger partial charge in [0.05, 0.1) is 6.54 Å². The number of halogens is 1. The van der Waals surface area contributed by atoms with Gasteiger partial charge in [-0.2, -0.15) is 0 Å². The van der Waals surface area contributed by atoms with Gasteiger partial charge in [-0.15, -0.1) is 12.4 Å². The van der Waals surface area contributed by atoms with Crippen LogP contribution in [-0.2, 0) is 9.59 Å². The fraction of sp³-hybridized carbons (Fsp3) is 0.250. The highest BCUT2D eigenvalue weighted by molar-refractivity contribution is 6.03. The topological polar surface area (TPSA) is 84.2 Å². The van der Waals surface area contributed by atoms with E-state index < -0.39 is 0 Å². The van der Waals surface area contributed by atoms with Gasteiger partial charge in [-0.3, -0.25) is 9.59 Å². The Morgan fingerprint density at radius 2 is 1.73 bits per heavy atom. The summed E-state index contributed by atoms with van der Waals surface area (Å²) < 4.78 is 0. The monoisotopic (exact) mass is 321 g/mol. The first-order valence-electron chi connectivity index (χ1n) is 6.95. The number of fused-ring (bicyclic) bond motifs is 1. The van der Waals surface area contributed by atoms with E-state index in [9.17, 15) is 9.59 Å². The van der Waals surface area contributed by atoms with Gasteiger partial charge in [0.1, 0.15) is 0 Å². The van der Waals surface area contributed by atoms with E-state index in [2.05, 4.69) is 10.6 Å². The lowest BCUT2D eigenvalue weighted by molar-refractivity contribution is -0.124. The third-order valence-corrected chi connectivity index (χ3v) is 3.12. The zero-order valence-electron chi connectivity index (χ0n) is 12.2. The molecule has 0 aliphatic heterocycles. The standard InChI is InChI=1S/C16H19N3O2.ClH/c17-10-4-9-15(20)18-11-16(21)19-14-8-3-6-12-5-1-2-7-13(12)14;/h1-3,5-8H,4,9-11,17H2,(H,18,20)(H,19,21);1H. The molecule has 0 bridgehead atoms. The number of nitrogens with two attached hydrogens (primary N) is 1. The minimum Gasteiger partial charge on any atom is -0.347 e. The summed E-state index contributed by atoms with van der Waals surface area (Å²) in [5, 5.41) is 7.43. The predicted molar refractivity (Wildman–Crippen MR) is 91.1 cm³/mol. The average molecular weight is 322 g/mol. The number of anilines is 1. The molecule has 0 atom stereocenters. The number of carbonyl (C=O) groups is 2. The van der Waals surface area contributed by atoms with Crippen molar-refractivity contribution in [2.45, 2.75) is 12.8 Å². The molecule has 2 aromatic rings. The van der Waals surface area contributed by atoms with Crippen LogP contribution in [0.15, 0.2) is 42.5 Å². The van der Waals surface area contributed by atoms with Crippen LogP contribution in [0.1, 0.15) is 12.8 Å². The Bertz CT molecular complexity index is 641. The molecule has 0 saturated heterocycles. The van der Waals surface area contributed by atoms with Crippen molar-refractivity contribution in [3.8, 4) is 0 Å². The molecule has 4 N–H and O–H groups in total. The van der Waals surface area contributed by atoms with Crippen LogP contribution in [-0.4, -0.2) is 24.9 Å². The minimum atomic E-state index is -0.243. The number of rotatable bonds is 6. The van der Waals surface area contributed by atoms with Crippen molar-refractivity contribution in [2.24, 2.45) is 5.73 Å². The Kier molecular flexibility index (Phi) is 7.36. The molecule has 2 aromatic carbocycles. The first kappa shape index (κ1) is 17.9. The third kappa shape index (κ3) is 5.02. The first-order valence-corrected chi connectivity index (χ1v) is 6.95. The molecule has 2 amide bonds. The van der Waals surface area contributed by atoms with Crippen LogP contribution in [0, 0.1) is 0 Å².